The normalized spacial score (nSPS) is 17.7. The first kappa shape index (κ1) is 26.0. The standard InChI is InChI=1S/C13H20O10.C3H6O2/c14-8-3-1-7(5-8)2-4-9(15)6-11(18,19)13(22,23)12(20,21)10(16)17;1-2-3(4)5/h7,18-23H,1-6H2,(H,16,17);2H2,1H3,(H,4,5)/t7-;/m1./s1. The number of rotatable bonds is 9. The fourth-order valence-electron chi connectivity index (χ4n) is 2.42. The van der Waals surface area contributed by atoms with Crippen LogP contribution in [0.4, 0.5) is 0 Å². The SMILES string of the molecule is CCC(=O)O.O=C1CC[C@H](CCC(=O)CC(O)(O)C(O)(O)C(O)(O)C(=O)O)C1. The average Bonchev–Trinajstić information content (AvgIpc) is 2.98. The van der Waals surface area contributed by atoms with Crippen molar-refractivity contribution in [3.63, 3.8) is 0 Å². The first-order valence-corrected chi connectivity index (χ1v) is 8.41. The van der Waals surface area contributed by atoms with Gasteiger partial charge in [0.05, 0.1) is 6.42 Å². The van der Waals surface area contributed by atoms with Gasteiger partial charge >= 0.3 is 17.7 Å². The Morgan fingerprint density at radius 2 is 1.54 bits per heavy atom. The Kier molecular flexibility index (Phi) is 9.30. The quantitative estimate of drug-likeness (QED) is 0.188. The number of hydrogen-bond donors (Lipinski definition) is 8. The Morgan fingerprint density at radius 3 is 1.89 bits per heavy atom. The Morgan fingerprint density at radius 1 is 1.04 bits per heavy atom. The molecule has 0 aromatic rings. The van der Waals surface area contributed by atoms with Gasteiger partial charge in [0.1, 0.15) is 11.6 Å². The van der Waals surface area contributed by atoms with Crippen LogP contribution >= 0.6 is 0 Å². The predicted molar refractivity (Wildman–Crippen MR) is 88.3 cm³/mol. The summed E-state index contributed by atoms with van der Waals surface area (Å²) in [4.78, 5) is 42.7. The van der Waals surface area contributed by atoms with Gasteiger partial charge in [0.25, 0.3) is 5.79 Å². The summed E-state index contributed by atoms with van der Waals surface area (Å²) in [6.45, 7) is 1.60. The zero-order chi connectivity index (χ0) is 22.3. The summed E-state index contributed by atoms with van der Waals surface area (Å²) >= 11 is 0. The van der Waals surface area contributed by atoms with Gasteiger partial charge in [-0.25, -0.2) is 4.79 Å². The molecular formula is C16H26O12. The van der Waals surface area contributed by atoms with Crippen LogP contribution in [0.5, 0.6) is 0 Å². The molecule has 0 aromatic carbocycles. The fourth-order valence-corrected chi connectivity index (χ4v) is 2.42. The third-order valence-corrected chi connectivity index (χ3v) is 4.27. The van der Waals surface area contributed by atoms with Gasteiger partial charge in [-0.05, 0) is 18.8 Å². The van der Waals surface area contributed by atoms with Crippen LogP contribution in [-0.4, -0.2) is 81.7 Å². The maximum Gasteiger partial charge on any atom is 0.370 e. The molecule has 8 N–H and O–H groups in total. The Labute approximate surface area is 159 Å². The van der Waals surface area contributed by atoms with Crippen molar-refractivity contribution in [2.45, 2.75) is 69.2 Å². The monoisotopic (exact) mass is 410 g/mol. The van der Waals surface area contributed by atoms with E-state index in [1.807, 2.05) is 0 Å². The largest absolute Gasteiger partial charge is 0.481 e. The van der Waals surface area contributed by atoms with E-state index in [0.29, 0.717) is 19.3 Å². The third kappa shape index (κ3) is 6.89. The van der Waals surface area contributed by atoms with Crippen molar-refractivity contribution < 1.29 is 60.0 Å². The lowest BCUT2D eigenvalue weighted by Crippen LogP contribution is -2.71. The molecule has 28 heavy (non-hydrogen) atoms. The topological polar surface area (TPSA) is 230 Å². The Bertz CT molecular complexity index is 592. The van der Waals surface area contributed by atoms with Crippen LogP contribution < -0.4 is 0 Å². The first-order valence-electron chi connectivity index (χ1n) is 8.41. The highest BCUT2D eigenvalue weighted by Gasteiger charge is 2.66. The van der Waals surface area contributed by atoms with Crippen molar-refractivity contribution in [2.24, 2.45) is 5.92 Å². The highest BCUT2D eigenvalue weighted by atomic mass is 16.7. The molecule has 1 aliphatic rings. The smallest absolute Gasteiger partial charge is 0.370 e. The van der Waals surface area contributed by atoms with Gasteiger partial charge in [-0.3, -0.25) is 14.4 Å². The molecule has 0 amide bonds. The molecule has 12 heteroatoms. The molecule has 1 atom stereocenters. The minimum Gasteiger partial charge on any atom is -0.481 e. The highest BCUT2D eigenvalue weighted by Crippen LogP contribution is 2.32. The number of carbonyl (C=O) groups excluding carboxylic acids is 2. The molecule has 0 aromatic heterocycles. The molecule has 0 heterocycles. The van der Waals surface area contributed by atoms with E-state index in [0.717, 1.165) is 0 Å². The van der Waals surface area contributed by atoms with E-state index >= 15 is 0 Å². The van der Waals surface area contributed by atoms with Gasteiger partial charge in [0.2, 0.25) is 5.79 Å². The van der Waals surface area contributed by atoms with Crippen molar-refractivity contribution in [3.8, 4) is 0 Å². The molecular weight excluding hydrogens is 384 g/mol. The third-order valence-electron chi connectivity index (χ3n) is 4.27. The van der Waals surface area contributed by atoms with E-state index in [1.165, 1.54) is 0 Å². The number of carboxylic acid groups (broad SMARTS) is 2. The molecule has 0 aliphatic heterocycles. The molecule has 0 saturated heterocycles. The Hall–Kier alpha value is -1.96. The number of aliphatic hydroxyl groups is 6. The molecule has 0 bridgehead atoms. The summed E-state index contributed by atoms with van der Waals surface area (Å²) in [5.41, 5.74) is 0. The summed E-state index contributed by atoms with van der Waals surface area (Å²) in [6, 6.07) is 0. The van der Waals surface area contributed by atoms with Crippen LogP contribution in [0.15, 0.2) is 0 Å². The molecule has 1 fully saturated rings. The lowest BCUT2D eigenvalue weighted by molar-refractivity contribution is -0.439. The van der Waals surface area contributed by atoms with Crippen LogP contribution in [0, 0.1) is 5.92 Å². The van der Waals surface area contributed by atoms with Gasteiger partial charge in [-0.1, -0.05) is 6.92 Å². The van der Waals surface area contributed by atoms with Crippen molar-refractivity contribution in [1.29, 1.82) is 0 Å². The van der Waals surface area contributed by atoms with E-state index in [4.69, 9.17) is 20.4 Å². The van der Waals surface area contributed by atoms with E-state index < -0.39 is 41.5 Å². The van der Waals surface area contributed by atoms with Crippen molar-refractivity contribution in [1.82, 2.24) is 0 Å². The van der Waals surface area contributed by atoms with E-state index in [2.05, 4.69) is 0 Å². The van der Waals surface area contributed by atoms with Gasteiger partial charge in [-0.2, -0.15) is 0 Å². The van der Waals surface area contributed by atoms with Crippen molar-refractivity contribution in [2.75, 3.05) is 0 Å². The number of carboxylic acids is 2. The lowest BCUT2D eigenvalue weighted by Gasteiger charge is -2.39. The maximum absolute atomic E-state index is 11.7. The summed E-state index contributed by atoms with van der Waals surface area (Å²) in [7, 11) is 0. The molecule has 0 radical (unpaired) electrons. The second-order valence-electron chi connectivity index (χ2n) is 6.62. The maximum atomic E-state index is 11.7. The molecule has 1 saturated carbocycles. The van der Waals surface area contributed by atoms with Crippen LogP contribution in [-0.2, 0) is 19.2 Å². The van der Waals surface area contributed by atoms with Crippen LogP contribution in [0.2, 0.25) is 0 Å². The second kappa shape index (κ2) is 10.0. The number of hydrogen-bond acceptors (Lipinski definition) is 10. The zero-order valence-corrected chi connectivity index (χ0v) is 15.2. The van der Waals surface area contributed by atoms with Gasteiger partial charge in [0, 0.05) is 25.7 Å². The summed E-state index contributed by atoms with van der Waals surface area (Å²) in [5.74, 6) is -16.6. The zero-order valence-electron chi connectivity index (χ0n) is 15.2. The fraction of sp³-hybridized carbons (Fsp3) is 0.750. The van der Waals surface area contributed by atoms with E-state index in [9.17, 15) is 39.6 Å². The summed E-state index contributed by atoms with van der Waals surface area (Å²) in [6.07, 6.45) is 0.275. The number of aliphatic carboxylic acids is 2. The molecule has 1 aliphatic carbocycles. The van der Waals surface area contributed by atoms with Gasteiger partial charge in [0.15, 0.2) is 0 Å². The second-order valence-corrected chi connectivity index (χ2v) is 6.62. The van der Waals surface area contributed by atoms with Crippen molar-refractivity contribution in [3.05, 3.63) is 0 Å². The number of ketones is 2. The van der Waals surface area contributed by atoms with Crippen molar-refractivity contribution >= 4 is 23.5 Å². The van der Waals surface area contributed by atoms with Gasteiger partial charge in [-0.15, -0.1) is 0 Å². The lowest BCUT2D eigenvalue weighted by atomic mass is 9.90. The van der Waals surface area contributed by atoms with E-state index in [-0.39, 0.29) is 31.0 Å². The molecule has 0 unspecified atom stereocenters. The van der Waals surface area contributed by atoms with Gasteiger partial charge < -0.3 is 40.9 Å². The van der Waals surface area contributed by atoms with Crippen LogP contribution in [0.1, 0.15) is 51.9 Å². The number of carbonyl (C=O) groups is 4. The minimum absolute atomic E-state index is 0.0277. The molecule has 12 nitrogen and oxygen atoms in total. The number of Topliss-reactive ketones (excluding diaryl/α,β-unsaturated/α-hetero) is 2. The Balaban J connectivity index is 0.00000129. The molecule has 162 valence electrons. The molecule has 1 rings (SSSR count). The molecule has 0 spiro atoms. The van der Waals surface area contributed by atoms with Crippen LogP contribution in [0.25, 0.3) is 0 Å². The minimum atomic E-state index is -4.31. The average molecular weight is 410 g/mol. The predicted octanol–water partition coefficient (Wildman–Crippen LogP) is -2.30. The highest BCUT2D eigenvalue weighted by molar-refractivity contribution is 5.82. The summed E-state index contributed by atoms with van der Waals surface area (Å²) < 4.78 is 0. The first-order chi connectivity index (χ1) is 12.6. The summed E-state index contributed by atoms with van der Waals surface area (Å²) in [5, 5.41) is 72.2. The van der Waals surface area contributed by atoms with E-state index in [1.54, 1.807) is 6.92 Å². The van der Waals surface area contributed by atoms with Crippen LogP contribution in [0.3, 0.4) is 0 Å².